The Hall–Kier alpha value is -4.23. The van der Waals surface area contributed by atoms with Crippen LogP contribution in [0.15, 0.2) is 30.6 Å². The summed E-state index contributed by atoms with van der Waals surface area (Å²) in [4.78, 5) is 26.7. The molecule has 1 aliphatic rings. The van der Waals surface area contributed by atoms with Crippen LogP contribution in [0.1, 0.15) is 67.6 Å². The van der Waals surface area contributed by atoms with Gasteiger partial charge in [0.15, 0.2) is 0 Å². The molecule has 3 heterocycles. The highest BCUT2D eigenvalue weighted by molar-refractivity contribution is 6.03. The van der Waals surface area contributed by atoms with Gasteiger partial charge in [0.25, 0.3) is 5.91 Å². The molecule has 1 atom stereocenters. The smallest absolute Gasteiger partial charge is 0.416 e. The van der Waals surface area contributed by atoms with E-state index in [-0.39, 0.29) is 41.0 Å². The van der Waals surface area contributed by atoms with Crippen LogP contribution in [0.3, 0.4) is 0 Å². The van der Waals surface area contributed by atoms with Crippen molar-refractivity contribution in [2.24, 2.45) is 5.73 Å². The lowest BCUT2D eigenvalue weighted by atomic mass is 10.1. The molecule has 0 saturated carbocycles. The second-order valence-electron chi connectivity index (χ2n) is 10.9. The number of benzene rings is 1. The van der Waals surface area contributed by atoms with E-state index in [1.165, 1.54) is 24.1 Å². The summed E-state index contributed by atoms with van der Waals surface area (Å²) in [5, 5.41) is 8.89. The first-order valence-corrected chi connectivity index (χ1v) is 13.1. The highest BCUT2D eigenvalue weighted by Gasteiger charge is 2.32. The Bertz CT molecular complexity index is 1430. The van der Waals surface area contributed by atoms with E-state index >= 15 is 0 Å². The summed E-state index contributed by atoms with van der Waals surface area (Å²) in [6.45, 7) is 6.31. The van der Waals surface area contributed by atoms with E-state index < -0.39 is 29.3 Å². The number of primary amides is 1. The van der Waals surface area contributed by atoms with Gasteiger partial charge in [-0.15, -0.1) is 0 Å². The predicted molar refractivity (Wildman–Crippen MR) is 144 cm³/mol. The zero-order valence-corrected chi connectivity index (χ0v) is 23.4. The molecule has 4 rings (SSSR count). The number of anilines is 1. The number of amides is 2. The Morgan fingerprint density at radius 2 is 1.88 bits per heavy atom. The molecule has 41 heavy (non-hydrogen) atoms. The van der Waals surface area contributed by atoms with Crippen molar-refractivity contribution in [3.8, 4) is 17.0 Å². The number of carbonyl (C=O) groups excluding carboxylic acids is 2. The fourth-order valence-electron chi connectivity index (χ4n) is 4.83. The first-order chi connectivity index (χ1) is 19.2. The molecule has 3 aromatic rings. The van der Waals surface area contributed by atoms with E-state index in [0.29, 0.717) is 37.9 Å². The molecule has 222 valence electrons. The van der Waals surface area contributed by atoms with Crippen LogP contribution >= 0.6 is 0 Å². The minimum absolute atomic E-state index is 0.0226. The van der Waals surface area contributed by atoms with E-state index in [2.05, 4.69) is 10.2 Å². The van der Waals surface area contributed by atoms with Crippen molar-refractivity contribution in [2.75, 3.05) is 25.9 Å². The van der Waals surface area contributed by atoms with Crippen molar-refractivity contribution in [1.82, 2.24) is 24.5 Å². The molecular formula is C27H34F3N7O4. The van der Waals surface area contributed by atoms with E-state index in [4.69, 9.17) is 20.9 Å². The van der Waals surface area contributed by atoms with Gasteiger partial charge in [-0.05, 0) is 58.2 Å². The summed E-state index contributed by atoms with van der Waals surface area (Å²) >= 11 is 0. The number of halogens is 3. The van der Waals surface area contributed by atoms with Gasteiger partial charge in [0.2, 0.25) is 0 Å². The van der Waals surface area contributed by atoms with Gasteiger partial charge in [-0.3, -0.25) is 9.48 Å². The fraction of sp³-hybridized carbons (Fsp3) is 0.481. The Kier molecular flexibility index (Phi) is 8.22. The topological polar surface area (TPSA) is 144 Å². The van der Waals surface area contributed by atoms with E-state index in [0.717, 1.165) is 12.1 Å². The molecule has 0 radical (unpaired) electrons. The zero-order chi connectivity index (χ0) is 30.1. The Balaban J connectivity index is 1.59. The number of nitrogens with two attached hydrogens (primary N) is 2. The van der Waals surface area contributed by atoms with E-state index in [1.54, 1.807) is 36.5 Å². The van der Waals surface area contributed by atoms with Crippen LogP contribution in [0.25, 0.3) is 11.3 Å². The molecule has 1 saturated heterocycles. The summed E-state index contributed by atoms with van der Waals surface area (Å²) in [7, 11) is 1.37. The van der Waals surface area contributed by atoms with Crippen molar-refractivity contribution >= 4 is 17.8 Å². The fourth-order valence-corrected chi connectivity index (χ4v) is 4.83. The highest BCUT2D eigenvalue weighted by atomic mass is 19.4. The largest absolute Gasteiger partial charge is 0.496 e. The number of carbonyl (C=O) groups is 2. The molecule has 0 spiro atoms. The van der Waals surface area contributed by atoms with Crippen LogP contribution in [0, 0.1) is 0 Å². The van der Waals surface area contributed by atoms with Crippen molar-refractivity contribution in [3.63, 3.8) is 0 Å². The highest BCUT2D eigenvalue weighted by Crippen LogP contribution is 2.35. The number of alkyl halides is 3. The Labute approximate surface area is 235 Å². The van der Waals surface area contributed by atoms with Gasteiger partial charge in [-0.25, -0.2) is 9.48 Å². The summed E-state index contributed by atoms with van der Waals surface area (Å²) < 4.78 is 53.5. The van der Waals surface area contributed by atoms with E-state index in [1.807, 2.05) is 0 Å². The molecule has 14 heteroatoms. The number of hydrogen-bond donors (Lipinski definition) is 2. The predicted octanol–water partition coefficient (Wildman–Crippen LogP) is 4.47. The lowest BCUT2D eigenvalue weighted by Crippen LogP contribution is -2.37. The molecule has 0 unspecified atom stereocenters. The number of methoxy groups -OCH3 is 1. The normalized spacial score (nSPS) is 16.4. The molecular weight excluding hydrogens is 543 g/mol. The van der Waals surface area contributed by atoms with Crippen molar-refractivity contribution in [3.05, 3.63) is 47.3 Å². The van der Waals surface area contributed by atoms with Gasteiger partial charge in [0.1, 0.15) is 28.4 Å². The molecule has 2 aromatic heterocycles. The van der Waals surface area contributed by atoms with Crippen molar-refractivity contribution in [2.45, 2.75) is 64.4 Å². The summed E-state index contributed by atoms with van der Waals surface area (Å²) in [6, 6.07) is 3.01. The molecule has 1 aromatic carbocycles. The van der Waals surface area contributed by atoms with Gasteiger partial charge in [0, 0.05) is 30.4 Å². The monoisotopic (exact) mass is 577 g/mol. The Morgan fingerprint density at radius 3 is 2.51 bits per heavy atom. The first kappa shape index (κ1) is 29.7. The van der Waals surface area contributed by atoms with Crippen molar-refractivity contribution < 1.29 is 32.2 Å². The number of likely N-dealkylation sites (tertiary alicyclic amines) is 1. The number of nitrogens with zero attached hydrogens (tertiary/aromatic N) is 5. The number of nitrogen functional groups attached to an aromatic ring is 1. The van der Waals surface area contributed by atoms with Crippen molar-refractivity contribution in [1.29, 1.82) is 0 Å². The Morgan fingerprint density at radius 1 is 1.15 bits per heavy atom. The van der Waals surface area contributed by atoms with Crippen LogP contribution < -0.4 is 16.2 Å². The minimum Gasteiger partial charge on any atom is -0.496 e. The van der Waals surface area contributed by atoms with Gasteiger partial charge < -0.3 is 25.8 Å². The molecule has 0 bridgehead atoms. The second-order valence-corrected chi connectivity index (χ2v) is 10.9. The van der Waals surface area contributed by atoms with Crippen LogP contribution in [-0.2, 0) is 17.5 Å². The molecule has 1 aliphatic heterocycles. The summed E-state index contributed by atoms with van der Waals surface area (Å²) in [6.07, 6.45) is -0.0736. The third-order valence-electron chi connectivity index (χ3n) is 6.74. The maximum atomic E-state index is 13.3. The molecule has 4 N–H and O–H groups in total. The van der Waals surface area contributed by atoms with Gasteiger partial charge in [0.05, 0.1) is 31.5 Å². The van der Waals surface area contributed by atoms with Gasteiger partial charge >= 0.3 is 12.3 Å². The average molecular weight is 578 g/mol. The third-order valence-corrected chi connectivity index (χ3v) is 6.74. The molecule has 1 fully saturated rings. The number of hydrogen-bond acceptors (Lipinski definition) is 7. The summed E-state index contributed by atoms with van der Waals surface area (Å²) in [5.41, 5.74) is 11.6. The maximum absolute atomic E-state index is 13.3. The van der Waals surface area contributed by atoms with Crippen LogP contribution in [0.5, 0.6) is 5.75 Å². The van der Waals surface area contributed by atoms with Gasteiger partial charge in [-0.2, -0.15) is 23.4 Å². The van der Waals surface area contributed by atoms with Crippen LogP contribution in [-0.4, -0.2) is 62.3 Å². The third kappa shape index (κ3) is 6.74. The molecule has 2 amide bonds. The maximum Gasteiger partial charge on any atom is 0.416 e. The lowest BCUT2D eigenvalue weighted by molar-refractivity contribution is -0.137. The van der Waals surface area contributed by atoms with Gasteiger partial charge in [-0.1, -0.05) is 0 Å². The quantitative estimate of drug-likeness (QED) is 0.440. The number of rotatable bonds is 6. The standard InChI is InChI=1S/C27H34F3N7O4/c1-26(2,3)41-25(39)35-10-5-6-19(9-11-35)37-23(31)21(24(32)38)22(34-37)17-13-33-36(15-17)14-16-12-18(27(28,29)30)7-8-20(16)40-4/h7-8,12-13,15,19H,5-6,9-11,14,31H2,1-4H3,(H2,32,38)/t19-/m0/s1. The SMILES string of the molecule is COc1ccc(C(F)(F)F)cc1Cn1cc(-c2nn([C@H]3CCCN(C(=O)OC(C)(C)C)CC3)c(N)c2C(N)=O)cn1. The van der Waals surface area contributed by atoms with E-state index in [9.17, 15) is 22.8 Å². The first-order valence-electron chi connectivity index (χ1n) is 13.1. The summed E-state index contributed by atoms with van der Waals surface area (Å²) in [5.74, 6) is -0.411. The lowest BCUT2D eigenvalue weighted by Gasteiger charge is -2.26. The molecule has 0 aliphatic carbocycles. The zero-order valence-electron chi connectivity index (χ0n) is 23.4. The van der Waals surface area contributed by atoms with Crippen LogP contribution in [0.2, 0.25) is 0 Å². The minimum atomic E-state index is -4.51. The number of aromatic nitrogens is 4. The number of ether oxygens (including phenoxy) is 2. The average Bonchev–Trinajstić information content (AvgIpc) is 3.38. The second kappa shape index (κ2) is 11.3. The molecule has 11 nitrogen and oxygen atoms in total. The van der Waals surface area contributed by atoms with Crippen LogP contribution in [0.4, 0.5) is 23.8 Å².